The molecule has 3 aromatic rings. The number of benzene rings is 2. The van der Waals surface area contributed by atoms with Gasteiger partial charge in [-0.3, -0.25) is 14.9 Å². The number of aryl methyl sites for hydroxylation is 1. The fourth-order valence-electron chi connectivity index (χ4n) is 3.07. The van der Waals surface area contributed by atoms with Crippen molar-refractivity contribution in [1.29, 1.82) is 0 Å². The van der Waals surface area contributed by atoms with E-state index >= 15 is 0 Å². The standard InChI is InChI=1S/C22H16ClN3O4/c1-13-6-7-16(11-20(13)23)25-22(27)19(14(2)24-25)12-18-8-9-21(30-18)15-4-3-5-17(10-15)26(28)29/h3-12H,1-2H3/b19-12+. The maximum Gasteiger partial charge on any atom is 0.280 e. The highest BCUT2D eigenvalue weighted by Crippen LogP contribution is 2.30. The maximum absolute atomic E-state index is 12.9. The summed E-state index contributed by atoms with van der Waals surface area (Å²) in [6.07, 6.45) is 1.61. The minimum absolute atomic E-state index is 0.0230. The van der Waals surface area contributed by atoms with Gasteiger partial charge in [0.1, 0.15) is 11.5 Å². The van der Waals surface area contributed by atoms with E-state index in [1.54, 1.807) is 49.4 Å². The molecule has 0 fully saturated rings. The van der Waals surface area contributed by atoms with Crippen LogP contribution in [0.2, 0.25) is 5.02 Å². The number of anilines is 1. The van der Waals surface area contributed by atoms with Gasteiger partial charge in [0.2, 0.25) is 0 Å². The third-order valence-corrected chi connectivity index (χ3v) is 5.12. The zero-order valence-corrected chi connectivity index (χ0v) is 16.9. The Labute approximate surface area is 177 Å². The predicted octanol–water partition coefficient (Wildman–Crippen LogP) is 5.62. The molecule has 7 nitrogen and oxygen atoms in total. The predicted molar refractivity (Wildman–Crippen MR) is 116 cm³/mol. The number of hydrogen-bond acceptors (Lipinski definition) is 5. The van der Waals surface area contributed by atoms with E-state index < -0.39 is 4.92 Å². The van der Waals surface area contributed by atoms with Gasteiger partial charge in [-0.25, -0.2) is 0 Å². The zero-order valence-electron chi connectivity index (χ0n) is 16.1. The average Bonchev–Trinajstić information content (AvgIpc) is 3.30. The van der Waals surface area contributed by atoms with Crippen LogP contribution in [0, 0.1) is 17.0 Å². The number of furan rings is 1. The van der Waals surface area contributed by atoms with E-state index in [9.17, 15) is 14.9 Å². The molecule has 0 aliphatic carbocycles. The molecule has 1 aliphatic heterocycles. The molecule has 1 aliphatic rings. The highest BCUT2D eigenvalue weighted by molar-refractivity contribution is 6.33. The minimum atomic E-state index is -0.460. The molecule has 0 saturated carbocycles. The van der Waals surface area contributed by atoms with E-state index in [2.05, 4.69) is 5.10 Å². The van der Waals surface area contributed by atoms with Crippen molar-refractivity contribution in [2.24, 2.45) is 5.10 Å². The molecule has 0 spiro atoms. The first-order chi connectivity index (χ1) is 14.3. The quantitative estimate of drug-likeness (QED) is 0.310. The molecule has 150 valence electrons. The SMILES string of the molecule is CC1=NN(c2ccc(C)c(Cl)c2)C(=O)/C1=C/c1ccc(-c2cccc([N+](=O)[O-])c2)o1. The van der Waals surface area contributed by atoms with Crippen molar-refractivity contribution in [3.8, 4) is 11.3 Å². The lowest BCUT2D eigenvalue weighted by Gasteiger charge is -2.12. The van der Waals surface area contributed by atoms with Crippen LogP contribution in [0.3, 0.4) is 0 Å². The topological polar surface area (TPSA) is 89.0 Å². The molecule has 0 unspecified atom stereocenters. The van der Waals surface area contributed by atoms with Crippen LogP contribution < -0.4 is 5.01 Å². The van der Waals surface area contributed by atoms with Crippen molar-refractivity contribution in [2.45, 2.75) is 13.8 Å². The molecule has 30 heavy (non-hydrogen) atoms. The summed E-state index contributed by atoms with van der Waals surface area (Å²) in [6, 6.07) is 14.9. The lowest BCUT2D eigenvalue weighted by molar-refractivity contribution is -0.384. The smallest absolute Gasteiger partial charge is 0.280 e. The van der Waals surface area contributed by atoms with Crippen molar-refractivity contribution in [3.05, 3.63) is 86.6 Å². The minimum Gasteiger partial charge on any atom is -0.457 e. The summed E-state index contributed by atoms with van der Waals surface area (Å²) in [5, 5.41) is 17.2. The van der Waals surface area contributed by atoms with Gasteiger partial charge in [-0.2, -0.15) is 10.1 Å². The maximum atomic E-state index is 12.9. The van der Waals surface area contributed by atoms with Gasteiger partial charge in [-0.1, -0.05) is 29.8 Å². The van der Waals surface area contributed by atoms with Crippen molar-refractivity contribution >= 4 is 40.7 Å². The van der Waals surface area contributed by atoms with E-state index in [1.807, 2.05) is 13.0 Å². The molecule has 2 aromatic carbocycles. The first-order valence-corrected chi connectivity index (χ1v) is 9.44. The summed E-state index contributed by atoms with van der Waals surface area (Å²) < 4.78 is 5.79. The monoisotopic (exact) mass is 421 g/mol. The van der Waals surface area contributed by atoms with E-state index in [4.69, 9.17) is 16.0 Å². The lowest BCUT2D eigenvalue weighted by atomic mass is 10.1. The van der Waals surface area contributed by atoms with E-state index in [-0.39, 0.29) is 11.6 Å². The van der Waals surface area contributed by atoms with E-state index in [0.29, 0.717) is 39.1 Å². The van der Waals surface area contributed by atoms with Crippen LogP contribution in [-0.2, 0) is 4.79 Å². The number of hydrogen-bond donors (Lipinski definition) is 0. The molecule has 8 heteroatoms. The highest BCUT2D eigenvalue weighted by atomic mass is 35.5. The van der Waals surface area contributed by atoms with Crippen molar-refractivity contribution in [2.75, 3.05) is 5.01 Å². The Kier molecular flexibility index (Phi) is 4.97. The Morgan fingerprint density at radius 3 is 2.67 bits per heavy atom. The molecule has 0 radical (unpaired) electrons. The normalized spacial score (nSPS) is 15.0. The van der Waals surface area contributed by atoms with Crippen LogP contribution in [0.5, 0.6) is 0 Å². The van der Waals surface area contributed by atoms with E-state index in [0.717, 1.165) is 5.56 Å². The van der Waals surface area contributed by atoms with Gasteiger partial charge >= 0.3 is 0 Å². The van der Waals surface area contributed by atoms with Crippen molar-refractivity contribution in [1.82, 2.24) is 0 Å². The number of non-ortho nitro benzene ring substituents is 1. The van der Waals surface area contributed by atoms with Gasteiger partial charge < -0.3 is 4.42 Å². The molecule has 4 rings (SSSR count). The van der Waals surface area contributed by atoms with Crippen LogP contribution >= 0.6 is 11.6 Å². The summed E-state index contributed by atoms with van der Waals surface area (Å²) in [7, 11) is 0. The number of nitro groups is 1. The zero-order chi connectivity index (χ0) is 21.4. The van der Waals surface area contributed by atoms with Crippen LogP contribution in [0.25, 0.3) is 17.4 Å². The Balaban J connectivity index is 1.62. The Bertz CT molecular complexity index is 1240. The van der Waals surface area contributed by atoms with Crippen molar-refractivity contribution < 1.29 is 14.1 Å². The average molecular weight is 422 g/mol. The fraction of sp³-hybridized carbons (Fsp3) is 0.0909. The molecule has 2 heterocycles. The number of nitrogens with zero attached hydrogens (tertiary/aromatic N) is 3. The van der Waals surface area contributed by atoms with Gasteiger partial charge in [0.05, 0.1) is 21.9 Å². The Hall–Kier alpha value is -3.71. The Morgan fingerprint density at radius 2 is 1.93 bits per heavy atom. The molecular weight excluding hydrogens is 406 g/mol. The third-order valence-electron chi connectivity index (χ3n) is 4.72. The van der Waals surface area contributed by atoms with Gasteiger partial charge in [0.15, 0.2) is 0 Å². The van der Waals surface area contributed by atoms with Gasteiger partial charge in [-0.15, -0.1) is 0 Å². The first kappa shape index (κ1) is 19.6. The highest BCUT2D eigenvalue weighted by Gasteiger charge is 2.29. The second kappa shape index (κ2) is 7.61. The number of halogens is 1. The second-order valence-corrected chi connectivity index (χ2v) is 7.21. The largest absolute Gasteiger partial charge is 0.457 e. The van der Waals surface area contributed by atoms with Crippen LogP contribution in [0.4, 0.5) is 11.4 Å². The van der Waals surface area contributed by atoms with Crippen LogP contribution in [0.15, 0.2) is 69.7 Å². The summed E-state index contributed by atoms with van der Waals surface area (Å²) in [4.78, 5) is 23.4. The fourth-order valence-corrected chi connectivity index (χ4v) is 3.25. The molecule has 0 bridgehead atoms. The molecule has 0 N–H and O–H groups in total. The number of nitro benzene ring substituents is 1. The van der Waals surface area contributed by atoms with Gasteiger partial charge in [-0.05, 0) is 49.8 Å². The summed E-state index contributed by atoms with van der Waals surface area (Å²) in [6.45, 7) is 3.62. The number of hydrazone groups is 1. The molecule has 1 amide bonds. The molecule has 0 saturated heterocycles. The summed E-state index contributed by atoms with van der Waals surface area (Å²) in [5.41, 5.74) is 2.98. The summed E-state index contributed by atoms with van der Waals surface area (Å²) >= 11 is 6.18. The molecular formula is C22H16ClN3O4. The summed E-state index contributed by atoms with van der Waals surface area (Å²) in [5.74, 6) is 0.617. The molecule has 1 aromatic heterocycles. The van der Waals surface area contributed by atoms with Gasteiger partial charge in [0.25, 0.3) is 11.6 Å². The first-order valence-electron chi connectivity index (χ1n) is 9.06. The Morgan fingerprint density at radius 1 is 1.13 bits per heavy atom. The van der Waals surface area contributed by atoms with Crippen LogP contribution in [0.1, 0.15) is 18.2 Å². The number of amides is 1. The third kappa shape index (κ3) is 3.62. The lowest BCUT2D eigenvalue weighted by Crippen LogP contribution is -2.21. The van der Waals surface area contributed by atoms with Gasteiger partial charge in [0, 0.05) is 22.7 Å². The van der Waals surface area contributed by atoms with Crippen molar-refractivity contribution in [3.63, 3.8) is 0 Å². The van der Waals surface area contributed by atoms with Crippen LogP contribution in [-0.4, -0.2) is 16.5 Å². The number of carbonyl (C=O) groups excluding carboxylic acids is 1. The molecule has 0 atom stereocenters. The number of rotatable bonds is 4. The number of carbonyl (C=O) groups is 1. The van der Waals surface area contributed by atoms with E-state index in [1.165, 1.54) is 17.1 Å². The second-order valence-electron chi connectivity index (χ2n) is 6.80.